The molecule has 1 unspecified atom stereocenters. The first kappa shape index (κ1) is 20.6. The number of benzene rings is 1. The van der Waals surface area contributed by atoms with Crippen molar-refractivity contribution in [2.24, 2.45) is 12.0 Å². The lowest BCUT2D eigenvalue weighted by atomic mass is 9.84. The number of likely N-dealkylation sites (tertiary alicyclic amines) is 1. The van der Waals surface area contributed by atoms with Crippen molar-refractivity contribution in [1.82, 2.24) is 20.0 Å². The largest absolute Gasteiger partial charge is 0.357 e. The number of hydrogen-bond acceptors (Lipinski definition) is 2. The molecule has 1 aliphatic heterocycles. The minimum Gasteiger partial charge on any atom is -0.357 e. The average molecular weight is 406 g/mol. The molecule has 1 N–H and O–H groups in total. The van der Waals surface area contributed by atoms with Crippen LogP contribution in [0.3, 0.4) is 0 Å². The van der Waals surface area contributed by atoms with E-state index in [1.807, 2.05) is 17.9 Å². The molecule has 0 radical (unpaired) electrons. The smallest absolute Gasteiger partial charge is 0.193 e. The fourth-order valence-corrected chi connectivity index (χ4v) is 4.12. The van der Waals surface area contributed by atoms with Gasteiger partial charge in [0.25, 0.3) is 0 Å². The summed E-state index contributed by atoms with van der Waals surface area (Å²) in [5, 5.41) is 8.16. The molecular weight excluding hydrogens is 377 g/mol. The Morgan fingerprint density at radius 3 is 2.86 bits per heavy atom. The van der Waals surface area contributed by atoms with Crippen LogP contribution in [-0.4, -0.2) is 46.8 Å². The Hall–Kier alpha value is -2.08. The summed E-state index contributed by atoms with van der Waals surface area (Å²) in [5.41, 5.74) is 1.89. The van der Waals surface area contributed by atoms with Crippen LogP contribution < -0.4 is 5.32 Å². The van der Waals surface area contributed by atoms with Crippen LogP contribution in [0.25, 0.3) is 0 Å². The van der Waals surface area contributed by atoms with Gasteiger partial charge in [0.15, 0.2) is 5.96 Å². The number of halogens is 2. The molecule has 28 heavy (non-hydrogen) atoms. The number of rotatable bonds is 5. The summed E-state index contributed by atoms with van der Waals surface area (Å²) in [6.07, 6.45) is 5.14. The fourth-order valence-electron chi connectivity index (χ4n) is 3.70. The maximum absolute atomic E-state index is 13.4. The van der Waals surface area contributed by atoms with Gasteiger partial charge >= 0.3 is 0 Å². The molecule has 2 aromatic rings. The van der Waals surface area contributed by atoms with Gasteiger partial charge in [0.1, 0.15) is 5.82 Å². The van der Waals surface area contributed by atoms with E-state index in [0.717, 1.165) is 37.6 Å². The molecule has 5 nitrogen and oxygen atoms in total. The molecule has 2 heterocycles. The molecule has 1 saturated heterocycles. The Bertz CT molecular complexity index is 845. The van der Waals surface area contributed by atoms with E-state index < -0.39 is 0 Å². The predicted octanol–water partition coefficient (Wildman–Crippen LogP) is 3.95. The summed E-state index contributed by atoms with van der Waals surface area (Å²) in [6.45, 7) is 9.51. The van der Waals surface area contributed by atoms with E-state index >= 15 is 0 Å². The second kappa shape index (κ2) is 8.52. The lowest BCUT2D eigenvalue weighted by molar-refractivity contribution is 0.474. The molecular formula is C21H29ClFN5. The summed E-state index contributed by atoms with van der Waals surface area (Å²) in [6, 6.07) is 4.58. The first-order valence-corrected chi connectivity index (χ1v) is 10.2. The molecule has 1 atom stereocenters. The van der Waals surface area contributed by atoms with Gasteiger partial charge in [-0.15, -0.1) is 0 Å². The summed E-state index contributed by atoms with van der Waals surface area (Å²) >= 11 is 6.28. The second-order valence-electron chi connectivity index (χ2n) is 8.06. The van der Waals surface area contributed by atoms with Gasteiger partial charge in [-0.2, -0.15) is 5.10 Å². The Morgan fingerprint density at radius 2 is 2.21 bits per heavy atom. The normalized spacial score (nSPS) is 18.0. The summed E-state index contributed by atoms with van der Waals surface area (Å²) in [5.74, 6) is 1.07. The predicted molar refractivity (Wildman–Crippen MR) is 113 cm³/mol. The van der Waals surface area contributed by atoms with E-state index in [1.165, 1.54) is 17.7 Å². The third-order valence-corrected chi connectivity index (χ3v) is 5.62. The topological polar surface area (TPSA) is 45.5 Å². The maximum atomic E-state index is 13.4. The molecule has 1 aromatic heterocycles. The Kier molecular flexibility index (Phi) is 6.28. The third-order valence-electron chi connectivity index (χ3n) is 5.30. The molecule has 0 saturated carbocycles. The average Bonchev–Trinajstić information content (AvgIpc) is 3.27. The van der Waals surface area contributed by atoms with Gasteiger partial charge in [-0.25, -0.2) is 4.39 Å². The number of guanidine groups is 1. The van der Waals surface area contributed by atoms with Gasteiger partial charge in [-0.1, -0.05) is 31.5 Å². The van der Waals surface area contributed by atoms with Crippen LogP contribution in [0, 0.1) is 5.82 Å². The lowest BCUT2D eigenvalue weighted by Crippen LogP contribution is -2.41. The van der Waals surface area contributed by atoms with Crippen LogP contribution in [0.4, 0.5) is 4.39 Å². The maximum Gasteiger partial charge on any atom is 0.193 e. The van der Waals surface area contributed by atoms with Crippen LogP contribution >= 0.6 is 11.6 Å². The van der Waals surface area contributed by atoms with Crippen LogP contribution in [0.2, 0.25) is 5.02 Å². The van der Waals surface area contributed by atoms with Crippen LogP contribution in [0.5, 0.6) is 0 Å². The fraction of sp³-hybridized carbons (Fsp3) is 0.524. The zero-order valence-corrected chi connectivity index (χ0v) is 17.8. The van der Waals surface area contributed by atoms with Crippen molar-refractivity contribution in [3.63, 3.8) is 0 Å². The highest BCUT2D eigenvalue weighted by molar-refractivity contribution is 6.31. The van der Waals surface area contributed by atoms with Crippen molar-refractivity contribution in [1.29, 1.82) is 0 Å². The molecule has 1 aliphatic rings. The van der Waals surface area contributed by atoms with Gasteiger partial charge in [-0.3, -0.25) is 9.67 Å². The summed E-state index contributed by atoms with van der Waals surface area (Å²) < 4.78 is 15.3. The molecule has 7 heteroatoms. The van der Waals surface area contributed by atoms with Crippen molar-refractivity contribution in [3.8, 4) is 0 Å². The molecule has 0 spiro atoms. The number of nitrogens with one attached hydrogen (secondary N) is 1. The number of nitrogens with zero attached hydrogens (tertiary/aromatic N) is 4. The molecule has 1 fully saturated rings. The van der Waals surface area contributed by atoms with E-state index in [4.69, 9.17) is 16.6 Å². The van der Waals surface area contributed by atoms with Crippen molar-refractivity contribution < 1.29 is 4.39 Å². The van der Waals surface area contributed by atoms with Crippen molar-refractivity contribution >= 4 is 17.6 Å². The summed E-state index contributed by atoms with van der Waals surface area (Å²) in [4.78, 5) is 7.21. The van der Waals surface area contributed by atoms with Crippen molar-refractivity contribution in [3.05, 3.63) is 52.6 Å². The molecule has 3 rings (SSSR count). The van der Waals surface area contributed by atoms with E-state index in [0.29, 0.717) is 17.5 Å². The Balaban J connectivity index is 1.73. The molecule has 1 aromatic carbocycles. The highest BCUT2D eigenvalue weighted by Gasteiger charge is 2.28. The highest BCUT2D eigenvalue weighted by Crippen LogP contribution is 2.31. The summed E-state index contributed by atoms with van der Waals surface area (Å²) in [7, 11) is 1.95. The van der Waals surface area contributed by atoms with E-state index in [2.05, 4.69) is 42.3 Å². The van der Waals surface area contributed by atoms with Gasteiger partial charge in [0.2, 0.25) is 0 Å². The van der Waals surface area contributed by atoms with Crippen LogP contribution in [0.1, 0.15) is 44.2 Å². The third kappa shape index (κ3) is 4.66. The van der Waals surface area contributed by atoms with Gasteiger partial charge in [-0.05, 0) is 36.6 Å². The Labute approximate surface area is 171 Å². The molecule has 0 amide bonds. The first-order valence-electron chi connectivity index (χ1n) is 9.77. The van der Waals surface area contributed by atoms with Crippen molar-refractivity contribution in [2.45, 2.75) is 38.5 Å². The number of hydrogen-bond donors (Lipinski definition) is 1. The van der Waals surface area contributed by atoms with Gasteiger partial charge in [0, 0.05) is 49.2 Å². The standard InChI is InChI=1S/C21H29ClFN5/c1-5-24-20(28-9-8-15(13-28)16-11-26-27(4)12-16)25-14-21(2,3)18-7-6-17(23)10-19(18)22/h6-7,10-12,15H,5,8-9,13-14H2,1-4H3,(H,24,25). The zero-order chi connectivity index (χ0) is 20.3. The Morgan fingerprint density at radius 1 is 1.43 bits per heavy atom. The highest BCUT2D eigenvalue weighted by atomic mass is 35.5. The first-order chi connectivity index (χ1) is 13.3. The van der Waals surface area contributed by atoms with E-state index in [9.17, 15) is 4.39 Å². The minimum absolute atomic E-state index is 0.298. The number of aryl methyl sites for hydroxylation is 1. The quantitative estimate of drug-likeness (QED) is 0.605. The van der Waals surface area contributed by atoms with Crippen LogP contribution in [-0.2, 0) is 12.5 Å². The molecule has 152 valence electrons. The number of aliphatic imine (C=N–C) groups is 1. The van der Waals surface area contributed by atoms with E-state index in [-0.39, 0.29) is 11.2 Å². The van der Waals surface area contributed by atoms with Crippen molar-refractivity contribution in [2.75, 3.05) is 26.2 Å². The second-order valence-corrected chi connectivity index (χ2v) is 8.46. The zero-order valence-electron chi connectivity index (χ0n) is 17.0. The molecule has 0 aliphatic carbocycles. The molecule has 0 bridgehead atoms. The monoisotopic (exact) mass is 405 g/mol. The minimum atomic E-state index is -0.320. The number of aromatic nitrogens is 2. The van der Waals surface area contributed by atoms with Crippen LogP contribution in [0.15, 0.2) is 35.6 Å². The van der Waals surface area contributed by atoms with E-state index in [1.54, 1.807) is 6.07 Å². The van der Waals surface area contributed by atoms with Gasteiger partial charge in [0.05, 0.1) is 12.7 Å². The lowest BCUT2D eigenvalue weighted by Gasteiger charge is -2.27. The SMILES string of the molecule is CCNC(=NCC(C)(C)c1ccc(F)cc1Cl)N1CCC(c2cnn(C)c2)C1. The van der Waals surface area contributed by atoms with Gasteiger partial charge < -0.3 is 10.2 Å².